The predicted octanol–water partition coefficient (Wildman–Crippen LogP) is 3.34. The molecule has 0 aliphatic heterocycles. The fourth-order valence-corrected chi connectivity index (χ4v) is 1.72. The summed E-state index contributed by atoms with van der Waals surface area (Å²) in [6, 6.07) is 7.59. The summed E-state index contributed by atoms with van der Waals surface area (Å²) in [5.74, 6) is 0.866. The van der Waals surface area contributed by atoms with Gasteiger partial charge in [-0.1, -0.05) is 35.3 Å². The topological polar surface area (TPSA) is 29.9 Å². The maximum atomic E-state index is 6.02. The van der Waals surface area contributed by atoms with Gasteiger partial charge in [0.15, 0.2) is 0 Å². The number of benzene rings is 1. The molecule has 0 radical (unpaired) electrons. The van der Waals surface area contributed by atoms with Crippen LogP contribution in [0.2, 0.25) is 10.2 Å². The van der Waals surface area contributed by atoms with E-state index >= 15 is 0 Å². The fourth-order valence-electron chi connectivity index (χ4n) is 1.37. The second kappa shape index (κ2) is 4.76. The Hall–Kier alpha value is -1.19. The Morgan fingerprint density at radius 1 is 1.31 bits per heavy atom. The van der Waals surface area contributed by atoms with Gasteiger partial charge in [0.2, 0.25) is 0 Å². The van der Waals surface area contributed by atoms with Crippen LogP contribution in [0.4, 0.5) is 5.69 Å². The summed E-state index contributed by atoms with van der Waals surface area (Å²) in [6.45, 7) is 0.590. The van der Waals surface area contributed by atoms with E-state index in [0.29, 0.717) is 16.7 Å². The van der Waals surface area contributed by atoms with Gasteiger partial charge in [0.25, 0.3) is 0 Å². The molecule has 0 aliphatic rings. The predicted molar refractivity (Wildman–Crippen MR) is 67.0 cm³/mol. The first-order valence-electron chi connectivity index (χ1n) is 4.83. The molecule has 2 rings (SSSR count). The fraction of sp³-hybridized carbons (Fsp3) is 0.182. The summed E-state index contributed by atoms with van der Waals surface area (Å²) in [5, 5.41) is 4.53. The number of hydrogen-bond donors (Lipinski definition) is 1. The van der Waals surface area contributed by atoms with E-state index in [9.17, 15) is 0 Å². The third-order valence-corrected chi connectivity index (χ3v) is 3.02. The molecule has 0 saturated carbocycles. The number of nitrogens with one attached hydrogen (secondary N) is 1. The average Bonchev–Trinajstić information content (AvgIpc) is 2.59. The van der Waals surface area contributed by atoms with Crippen LogP contribution in [-0.4, -0.2) is 9.55 Å². The summed E-state index contributed by atoms with van der Waals surface area (Å²) in [5.41, 5.74) is 0.892. The van der Waals surface area contributed by atoms with Gasteiger partial charge in [-0.05, 0) is 12.1 Å². The summed E-state index contributed by atoms with van der Waals surface area (Å²) >= 11 is 11.9. The van der Waals surface area contributed by atoms with Crippen LogP contribution in [0.25, 0.3) is 0 Å². The highest BCUT2D eigenvalue weighted by Gasteiger charge is 2.04. The summed E-state index contributed by atoms with van der Waals surface area (Å²) in [6.07, 6.45) is 1.63. The number of halogens is 2. The molecule has 1 aromatic carbocycles. The number of para-hydroxylation sites is 1. The third-order valence-electron chi connectivity index (χ3n) is 2.34. The van der Waals surface area contributed by atoms with E-state index in [1.807, 2.05) is 35.9 Å². The van der Waals surface area contributed by atoms with Crippen molar-refractivity contribution in [1.82, 2.24) is 9.55 Å². The Labute approximate surface area is 104 Å². The van der Waals surface area contributed by atoms with E-state index < -0.39 is 0 Å². The van der Waals surface area contributed by atoms with Crippen molar-refractivity contribution in [2.24, 2.45) is 7.05 Å². The zero-order valence-corrected chi connectivity index (χ0v) is 10.3. The third kappa shape index (κ3) is 2.31. The van der Waals surface area contributed by atoms with Crippen LogP contribution in [0, 0.1) is 0 Å². The number of imidazole rings is 1. The van der Waals surface area contributed by atoms with Crippen LogP contribution in [0.5, 0.6) is 0 Å². The quantitative estimate of drug-likeness (QED) is 0.912. The molecular weight excluding hydrogens is 245 g/mol. The minimum Gasteiger partial charge on any atom is -0.377 e. The van der Waals surface area contributed by atoms with Crippen molar-refractivity contribution in [2.45, 2.75) is 6.54 Å². The van der Waals surface area contributed by atoms with Crippen molar-refractivity contribution in [1.29, 1.82) is 0 Å². The number of rotatable bonds is 3. The van der Waals surface area contributed by atoms with Crippen LogP contribution >= 0.6 is 23.2 Å². The second-order valence-corrected chi connectivity index (χ2v) is 4.18. The Bertz CT molecular complexity index is 494. The van der Waals surface area contributed by atoms with Gasteiger partial charge in [0.05, 0.1) is 23.5 Å². The molecule has 0 unspecified atom stereocenters. The first-order valence-corrected chi connectivity index (χ1v) is 5.58. The van der Waals surface area contributed by atoms with Gasteiger partial charge in [-0.15, -0.1) is 0 Å². The molecule has 3 nitrogen and oxygen atoms in total. The lowest BCUT2D eigenvalue weighted by molar-refractivity contribution is 0.813. The van der Waals surface area contributed by atoms with Crippen LogP contribution in [0.1, 0.15) is 5.82 Å². The molecule has 0 saturated heterocycles. The Kier molecular flexibility index (Phi) is 3.36. The maximum absolute atomic E-state index is 6.02. The smallest absolute Gasteiger partial charge is 0.128 e. The zero-order valence-electron chi connectivity index (χ0n) is 8.74. The number of nitrogens with zero attached hydrogens (tertiary/aromatic N) is 2. The van der Waals surface area contributed by atoms with Crippen molar-refractivity contribution in [3.63, 3.8) is 0 Å². The van der Waals surface area contributed by atoms with E-state index in [0.717, 1.165) is 11.5 Å². The van der Waals surface area contributed by atoms with Crippen molar-refractivity contribution < 1.29 is 0 Å². The first-order chi connectivity index (χ1) is 7.68. The van der Waals surface area contributed by atoms with Crippen molar-refractivity contribution in [3.8, 4) is 0 Å². The molecule has 1 heterocycles. The molecule has 1 aromatic heterocycles. The number of anilines is 1. The van der Waals surface area contributed by atoms with Crippen LogP contribution < -0.4 is 5.32 Å². The van der Waals surface area contributed by atoms with Crippen LogP contribution in [0.15, 0.2) is 30.5 Å². The summed E-state index contributed by atoms with van der Waals surface area (Å²) in [4.78, 5) is 4.19. The van der Waals surface area contributed by atoms with Crippen LogP contribution in [0.3, 0.4) is 0 Å². The Morgan fingerprint density at radius 2 is 2.06 bits per heavy atom. The minimum absolute atomic E-state index is 0.590. The van der Waals surface area contributed by atoms with Gasteiger partial charge in [0.1, 0.15) is 11.0 Å². The Balaban J connectivity index is 2.08. The first kappa shape index (κ1) is 11.3. The van der Waals surface area contributed by atoms with Crippen molar-refractivity contribution in [2.75, 3.05) is 5.32 Å². The zero-order chi connectivity index (χ0) is 11.5. The lowest BCUT2D eigenvalue weighted by atomic mass is 10.3. The van der Waals surface area contributed by atoms with Gasteiger partial charge in [-0.3, -0.25) is 0 Å². The summed E-state index contributed by atoms with van der Waals surface area (Å²) < 4.78 is 1.82. The van der Waals surface area contributed by atoms with Gasteiger partial charge in [0, 0.05) is 7.05 Å². The van der Waals surface area contributed by atoms with E-state index in [1.54, 1.807) is 6.20 Å². The average molecular weight is 256 g/mol. The second-order valence-electron chi connectivity index (χ2n) is 3.39. The van der Waals surface area contributed by atoms with E-state index in [1.165, 1.54) is 0 Å². The molecule has 84 valence electrons. The standard InChI is InChI=1S/C11H11Cl2N3/c1-16-10(13)6-15-11(16)7-14-9-5-3-2-4-8(9)12/h2-6,14H,7H2,1H3. The molecule has 0 fully saturated rings. The highest BCUT2D eigenvalue weighted by Crippen LogP contribution is 2.21. The highest BCUT2D eigenvalue weighted by molar-refractivity contribution is 6.33. The monoisotopic (exact) mass is 255 g/mol. The van der Waals surface area contributed by atoms with E-state index in [-0.39, 0.29) is 0 Å². The number of hydrogen-bond acceptors (Lipinski definition) is 2. The highest BCUT2D eigenvalue weighted by atomic mass is 35.5. The molecule has 16 heavy (non-hydrogen) atoms. The molecule has 0 bridgehead atoms. The molecule has 5 heteroatoms. The van der Waals surface area contributed by atoms with Crippen molar-refractivity contribution in [3.05, 3.63) is 46.5 Å². The maximum Gasteiger partial charge on any atom is 0.128 e. The molecule has 0 atom stereocenters. The lowest BCUT2D eigenvalue weighted by Gasteiger charge is -2.08. The van der Waals surface area contributed by atoms with E-state index in [2.05, 4.69) is 10.3 Å². The Morgan fingerprint density at radius 3 is 2.69 bits per heavy atom. The molecule has 0 spiro atoms. The largest absolute Gasteiger partial charge is 0.377 e. The van der Waals surface area contributed by atoms with Crippen molar-refractivity contribution >= 4 is 28.9 Å². The SMILES string of the molecule is Cn1c(Cl)cnc1CNc1ccccc1Cl. The van der Waals surface area contributed by atoms with Gasteiger partial charge in [-0.2, -0.15) is 0 Å². The van der Waals surface area contributed by atoms with Crippen LogP contribution in [-0.2, 0) is 13.6 Å². The normalized spacial score (nSPS) is 10.4. The molecule has 2 aromatic rings. The molecule has 1 N–H and O–H groups in total. The molecular formula is C11H11Cl2N3. The minimum atomic E-state index is 0.590. The van der Waals surface area contributed by atoms with E-state index in [4.69, 9.17) is 23.2 Å². The number of aromatic nitrogens is 2. The van der Waals surface area contributed by atoms with Gasteiger partial charge in [-0.25, -0.2) is 4.98 Å². The molecule has 0 amide bonds. The molecule has 0 aliphatic carbocycles. The summed E-state index contributed by atoms with van der Waals surface area (Å²) in [7, 11) is 1.87. The van der Waals surface area contributed by atoms with Gasteiger partial charge < -0.3 is 9.88 Å². The van der Waals surface area contributed by atoms with Gasteiger partial charge >= 0.3 is 0 Å². The lowest BCUT2D eigenvalue weighted by Crippen LogP contribution is -2.06.